The van der Waals surface area contributed by atoms with E-state index in [1.165, 1.54) is 30.6 Å². The van der Waals surface area contributed by atoms with Crippen molar-refractivity contribution in [1.82, 2.24) is 56.8 Å². The zero-order valence-electron chi connectivity index (χ0n) is 80.3. The van der Waals surface area contributed by atoms with Crippen molar-refractivity contribution in [2.75, 3.05) is 136 Å². The van der Waals surface area contributed by atoms with E-state index in [1.807, 2.05) is 14.7 Å². The summed E-state index contributed by atoms with van der Waals surface area (Å²) in [7, 11) is 0. The first-order chi connectivity index (χ1) is 66.1. The smallest absolute Gasteiger partial charge is 0.293 e. The number of nitrogens with two attached hydrogens (primary N) is 3. The Kier molecular flexibility index (Phi) is 67.4. The van der Waals surface area contributed by atoms with Gasteiger partial charge in [-0.05, 0) is 153 Å². The summed E-state index contributed by atoms with van der Waals surface area (Å²) in [6.07, 6.45) is 26.5. The summed E-state index contributed by atoms with van der Waals surface area (Å²) in [5, 5.41) is 66.6. The Balaban J connectivity index is 0.000000547. The quantitative estimate of drug-likeness (QED) is 0.0114. The van der Waals surface area contributed by atoms with E-state index >= 15 is 0 Å². The fraction of sp³-hybridized carbons (Fsp3) is 0.659. The van der Waals surface area contributed by atoms with Crippen LogP contribution in [0.15, 0.2) is 83.4 Å². The molecular formula is C88H143Cl5FN21O20S4-4. The van der Waals surface area contributed by atoms with E-state index in [1.54, 1.807) is 55.4 Å². The maximum absolute atomic E-state index is 13.5. The molecule has 7 saturated heterocycles. The van der Waals surface area contributed by atoms with Crippen LogP contribution in [-0.2, 0) is 102 Å². The second-order valence-electron chi connectivity index (χ2n) is 33.2. The molecule has 10 fully saturated rings. The number of piperazine rings is 4. The number of anilines is 2. The Bertz CT molecular complexity index is 4230. The van der Waals surface area contributed by atoms with Gasteiger partial charge >= 0.3 is 0 Å². The van der Waals surface area contributed by atoms with Gasteiger partial charge in [0.25, 0.3) is 35.4 Å². The number of nitrogen functional groups attached to an aromatic ring is 1. The van der Waals surface area contributed by atoms with Gasteiger partial charge < -0.3 is 158 Å². The highest BCUT2D eigenvalue weighted by molar-refractivity contribution is 7.80. The van der Waals surface area contributed by atoms with E-state index < -0.39 is 73.8 Å². The highest BCUT2D eigenvalue weighted by Crippen LogP contribution is 2.31. The molecule has 6 amide bonds. The number of carbonyl (C=O) groups is 6. The molecule has 139 heavy (non-hydrogen) atoms. The number of ether oxygens (including phenoxy) is 6. The van der Waals surface area contributed by atoms with Crippen molar-refractivity contribution in [3.8, 4) is 0 Å². The summed E-state index contributed by atoms with van der Waals surface area (Å²) in [6.45, 7) is 27.5. The number of amides is 6. The number of carbonyl (C=O) groups excluding carboxylic acids is 6. The number of benzene rings is 1. The number of hydrogen-bond acceptors (Lipinski definition) is 35. The normalized spacial score (nSPS) is 20.8. The highest BCUT2D eigenvalue weighted by Gasteiger charge is 2.33. The van der Waals surface area contributed by atoms with Crippen molar-refractivity contribution in [3.63, 3.8) is 0 Å². The monoisotopic (exact) mass is 2140 g/mol. The van der Waals surface area contributed by atoms with Gasteiger partial charge in [0.05, 0.1) is 45.4 Å². The minimum Gasteiger partial charge on any atom is -0.772 e. The molecule has 7 atom stereocenters. The van der Waals surface area contributed by atoms with E-state index in [0.29, 0.717) is 55.7 Å². The molecule has 3 aliphatic carbocycles. The summed E-state index contributed by atoms with van der Waals surface area (Å²) in [4.78, 5) is 79.2. The molecule has 0 radical (unpaired) electrons. The maximum atomic E-state index is 13.5. The molecular weight excluding hydrogens is 2000 g/mol. The van der Waals surface area contributed by atoms with Gasteiger partial charge in [0.15, 0.2) is 0 Å². The van der Waals surface area contributed by atoms with Gasteiger partial charge in [0.2, 0.25) is 17.3 Å². The topological polar surface area (TPSA) is 649 Å². The summed E-state index contributed by atoms with van der Waals surface area (Å²) < 4.78 is 125. The third-order valence-corrected chi connectivity index (χ3v) is 26.2. The average Bonchev–Trinajstić information content (AvgIpc) is 1.72. The number of allylic oxidation sites excluding steroid dienone is 6. The van der Waals surface area contributed by atoms with Crippen molar-refractivity contribution in [2.24, 2.45) is 11.5 Å². The molecule has 3 saturated carbocycles. The first kappa shape index (κ1) is 128. The number of halogens is 6. The van der Waals surface area contributed by atoms with E-state index in [9.17, 15) is 68.2 Å². The van der Waals surface area contributed by atoms with Crippen molar-refractivity contribution in [3.05, 3.63) is 89.2 Å². The number of nitrogens with one attached hydrogen (secondary N) is 14. The molecule has 11 rings (SSSR count). The van der Waals surface area contributed by atoms with Crippen LogP contribution in [0.4, 0.5) is 15.8 Å². The third-order valence-electron chi connectivity index (χ3n) is 21.2. The van der Waals surface area contributed by atoms with Crippen molar-refractivity contribution < 1.29 is 96.6 Å². The van der Waals surface area contributed by atoms with Crippen LogP contribution in [0.1, 0.15) is 190 Å². The standard InChI is InChI=1S/C19H26FN5O2.C18H30N4O3.C13H21ClN4O2.C13H22N4O2.C9H12Cl2N2O2.C4H4Cl2N2O.4C3H8O2S/c20-13-5-6-15(22)16(11-13)24-19(26)18(27-14-3-1-2-4-14)17(12-21)25-9-7-23-8-10-25;19-13-15(22-10-8-20-9-11-22)17(25-14-5-1-2-6-14)18(23)21-16-7-3-4-12-24-16;14-12(10(9-15)18-6-4-16-5-7-18)13(19)17-11-3-1-2-8-20-11;14-9-11(17-7-5-16-6-8-17)12(13(15)18)19-10-3-1-2-4-10;10-6(5-12)8(11)9(14)13-7-3-1-2-4-15-7;5-2(1-7)3(6)4(8)9;4*1-3(2)6(4)5/h5-6,11-12,14,21,23H,1-4,7-10,22H2,(H,24,26);13-14,16,19-20H,1-12H2,(H,21,23);9,11,15-16H,1-8H2,(H,17,19);9-10,14,16H,1-8H2,(H2,15,18);5,7,12H,1-4H2,(H,13,14);1,7H,(H2,8,9);4*3H,1-2H3,(H,4,5)/p-4/b18-17-,21-12?;17-15-,19-13?;12-10-,15-9?;12-11-,14-9?;8-6-,12-5?;3-2-,7-1?;;;;. The van der Waals surface area contributed by atoms with E-state index in [4.69, 9.17) is 136 Å². The molecule has 51 heteroatoms. The molecule has 1 aromatic carbocycles. The molecule has 41 nitrogen and oxygen atoms in total. The van der Waals surface area contributed by atoms with Crippen LogP contribution in [0.3, 0.4) is 0 Å². The van der Waals surface area contributed by atoms with Gasteiger partial charge in [-0.25, -0.2) is 4.39 Å². The number of primary amides is 2. The Morgan fingerprint density at radius 2 is 0.669 bits per heavy atom. The summed E-state index contributed by atoms with van der Waals surface area (Å²) in [5.41, 5.74) is 18.5. The van der Waals surface area contributed by atoms with Crippen LogP contribution in [-0.4, -0.2) is 310 Å². The van der Waals surface area contributed by atoms with Crippen LogP contribution >= 0.6 is 58.0 Å². The van der Waals surface area contributed by atoms with E-state index in [0.717, 1.165) is 251 Å². The van der Waals surface area contributed by atoms with Gasteiger partial charge in [-0.15, -0.1) is 0 Å². The lowest BCUT2D eigenvalue weighted by Crippen LogP contribution is -2.46. The summed E-state index contributed by atoms with van der Waals surface area (Å²) >= 11 is 20.2. The lowest BCUT2D eigenvalue weighted by molar-refractivity contribution is -0.128. The van der Waals surface area contributed by atoms with Crippen LogP contribution in [0.2, 0.25) is 0 Å². The minimum absolute atomic E-state index is 0.0477. The van der Waals surface area contributed by atoms with Gasteiger partial charge in [0, 0.05) is 183 Å². The second-order valence-corrected chi connectivity index (χ2v) is 41.0. The van der Waals surface area contributed by atoms with Crippen LogP contribution in [0, 0.1) is 38.3 Å². The summed E-state index contributed by atoms with van der Waals surface area (Å²) in [6, 6.07) is 3.82. The predicted molar refractivity (Wildman–Crippen MR) is 541 cm³/mol. The van der Waals surface area contributed by atoms with E-state index in [-0.39, 0.29) is 124 Å². The number of hydrogen-bond donors (Lipinski definition) is 17. The van der Waals surface area contributed by atoms with Gasteiger partial charge in [0.1, 0.15) is 56.7 Å². The van der Waals surface area contributed by atoms with Crippen LogP contribution in [0.25, 0.3) is 0 Å². The van der Waals surface area contributed by atoms with Gasteiger partial charge in [-0.2, -0.15) is 0 Å². The molecule has 1 aromatic rings. The fourth-order valence-electron chi connectivity index (χ4n) is 13.5. The Hall–Kier alpha value is -7.56. The van der Waals surface area contributed by atoms with Crippen molar-refractivity contribution in [1.29, 1.82) is 32.5 Å². The zero-order chi connectivity index (χ0) is 104. The highest BCUT2D eigenvalue weighted by atomic mass is 35.5. The molecule has 7 aliphatic heterocycles. The molecule has 0 aromatic heterocycles. The van der Waals surface area contributed by atoms with Crippen molar-refractivity contribution in [2.45, 2.75) is 248 Å². The molecule has 7 heterocycles. The fourth-order valence-corrected chi connectivity index (χ4v) is 14.1. The first-order valence-electron chi connectivity index (χ1n) is 46.3. The van der Waals surface area contributed by atoms with Gasteiger partial charge in [-0.1, -0.05) is 158 Å². The lowest BCUT2D eigenvalue weighted by Gasteiger charge is -2.32. The molecule has 20 N–H and O–H groups in total. The van der Waals surface area contributed by atoms with Gasteiger partial charge in [-0.3, -0.25) is 45.6 Å². The summed E-state index contributed by atoms with van der Waals surface area (Å²) in [5.74, 6) is -2.99. The van der Waals surface area contributed by atoms with Crippen LogP contribution in [0.5, 0.6) is 0 Å². The largest absolute Gasteiger partial charge is 0.772 e. The Morgan fingerprint density at radius 3 is 0.935 bits per heavy atom. The first-order valence-corrected chi connectivity index (χ1v) is 52.7. The third kappa shape index (κ3) is 52.5. The lowest BCUT2D eigenvalue weighted by atomic mass is 10.2. The molecule has 0 bridgehead atoms. The zero-order valence-corrected chi connectivity index (χ0v) is 87.4. The Morgan fingerprint density at radius 1 is 0.403 bits per heavy atom. The van der Waals surface area contributed by atoms with E-state index in [2.05, 4.69) is 47.4 Å². The number of nitrogens with zero attached hydrogens (tertiary/aromatic N) is 4. The van der Waals surface area contributed by atoms with Crippen molar-refractivity contribution >= 4 is 186 Å². The maximum Gasteiger partial charge on any atom is 0.293 e. The average molecular weight is 2140 g/mol. The molecule has 0 spiro atoms. The predicted octanol–water partition coefficient (Wildman–Crippen LogP) is 8.13. The SMILES string of the molecule is CC(C)S(=O)[O-].CC(C)S(=O)[O-].CC(C)S(=O)[O-].CC(C)S(=O)[O-].N=C/C(=C(/Cl)C(=O)NC1CCCCO1)N1CCNCC1.N=C/C(=C(/OC1CCCC1)C(=O)NC1CCCCO1)N1CCNCC1.N=C/C(=C(/OC1CCCC1)C(=O)Nc1cc(F)ccc1N)N1CCNCC1.N=C/C(=C(/OC1CCCC1)C(N)=O)N1CCNCC1.N=C/C(Cl)=C(/Cl)C(=O)NC1CCCCO1.N=C/C(Cl)=C(/Cl)C(N)=O. The molecule has 7 unspecified atom stereocenters. The molecule has 10 aliphatic rings. The minimum atomic E-state index is -1.87. The molecule has 790 valence electrons. The second kappa shape index (κ2) is 73.5. The van der Waals surface area contributed by atoms with Crippen LogP contribution < -0.4 is 59.7 Å². The number of rotatable bonds is 30. The Labute approximate surface area is 851 Å².